The van der Waals surface area contributed by atoms with E-state index in [1.165, 1.54) is 6.07 Å². The van der Waals surface area contributed by atoms with Crippen molar-refractivity contribution in [1.82, 2.24) is 9.88 Å². The van der Waals surface area contributed by atoms with Crippen molar-refractivity contribution in [2.45, 2.75) is 26.5 Å². The first-order chi connectivity index (χ1) is 19.0. The number of nitro groups is 1. The average Bonchev–Trinajstić information content (AvgIpc) is 3.38. The van der Waals surface area contributed by atoms with E-state index in [-0.39, 0.29) is 11.6 Å². The summed E-state index contributed by atoms with van der Waals surface area (Å²) in [4.78, 5) is 29.7. The SMILES string of the molecule is Cc1ccc(C(=O)N(CCc2c[nH]c3ccccc23)Cc2ccc(OCc3ccccc3)cc2)cc1[N+](=O)[O-]. The molecule has 0 bridgehead atoms. The van der Waals surface area contributed by atoms with Crippen LogP contribution < -0.4 is 4.74 Å². The minimum absolute atomic E-state index is 0.0580. The molecule has 196 valence electrons. The zero-order valence-electron chi connectivity index (χ0n) is 21.7. The Bertz CT molecular complexity index is 1590. The number of fused-ring (bicyclic) bond motifs is 1. The number of hydrogen-bond donors (Lipinski definition) is 1. The Kier molecular flexibility index (Phi) is 7.68. The van der Waals surface area contributed by atoms with Gasteiger partial charge in [0.2, 0.25) is 0 Å². The third-order valence-corrected chi connectivity index (χ3v) is 6.81. The Morgan fingerprint density at radius 2 is 1.67 bits per heavy atom. The molecule has 1 amide bonds. The van der Waals surface area contributed by atoms with Crippen LogP contribution in [0.3, 0.4) is 0 Å². The highest BCUT2D eigenvalue weighted by Crippen LogP contribution is 2.23. The zero-order chi connectivity index (χ0) is 27.2. The molecular weight excluding hydrogens is 490 g/mol. The number of nitrogens with zero attached hydrogens (tertiary/aromatic N) is 2. The van der Waals surface area contributed by atoms with Crippen LogP contribution in [0.15, 0.2) is 103 Å². The molecule has 0 atom stereocenters. The van der Waals surface area contributed by atoms with Crippen LogP contribution in [0.25, 0.3) is 10.9 Å². The van der Waals surface area contributed by atoms with Crippen LogP contribution in [0.5, 0.6) is 5.75 Å². The fourth-order valence-electron chi connectivity index (χ4n) is 4.62. The molecule has 0 radical (unpaired) electrons. The van der Waals surface area contributed by atoms with Gasteiger partial charge < -0.3 is 14.6 Å². The van der Waals surface area contributed by atoms with Gasteiger partial charge in [0.1, 0.15) is 12.4 Å². The van der Waals surface area contributed by atoms with E-state index in [1.54, 1.807) is 24.0 Å². The molecule has 7 nitrogen and oxygen atoms in total. The largest absolute Gasteiger partial charge is 0.489 e. The van der Waals surface area contributed by atoms with Gasteiger partial charge in [-0.15, -0.1) is 0 Å². The minimum Gasteiger partial charge on any atom is -0.489 e. The maximum atomic E-state index is 13.7. The average molecular weight is 520 g/mol. The van der Waals surface area contributed by atoms with Crippen molar-refractivity contribution in [2.24, 2.45) is 0 Å². The Morgan fingerprint density at radius 1 is 0.923 bits per heavy atom. The molecule has 4 aromatic carbocycles. The molecule has 7 heteroatoms. The summed E-state index contributed by atoms with van der Waals surface area (Å²) in [5, 5.41) is 12.6. The molecular formula is C32H29N3O4. The van der Waals surface area contributed by atoms with E-state index in [4.69, 9.17) is 4.74 Å². The number of aryl methyl sites for hydroxylation is 1. The van der Waals surface area contributed by atoms with E-state index in [1.807, 2.05) is 79.0 Å². The van der Waals surface area contributed by atoms with Crippen LogP contribution in [-0.4, -0.2) is 27.3 Å². The number of carbonyl (C=O) groups excluding carboxylic acids is 1. The number of nitro benzene ring substituents is 1. The van der Waals surface area contributed by atoms with Crippen molar-refractivity contribution in [1.29, 1.82) is 0 Å². The van der Waals surface area contributed by atoms with E-state index in [0.29, 0.717) is 37.2 Å². The van der Waals surface area contributed by atoms with E-state index < -0.39 is 4.92 Å². The number of ether oxygens (including phenoxy) is 1. The summed E-state index contributed by atoms with van der Waals surface area (Å²) in [6.45, 7) is 2.96. The summed E-state index contributed by atoms with van der Waals surface area (Å²) in [7, 11) is 0. The molecule has 1 N–H and O–H groups in total. The molecule has 0 aliphatic heterocycles. The molecule has 1 aromatic heterocycles. The number of rotatable bonds is 10. The molecule has 0 aliphatic rings. The van der Waals surface area contributed by atoms with Gasteiger partial charge in [-0.1, -0.05) is 66.7 Å². The monoisotopic (exact) mass is 519 g/mol. The lowest BCUT2D eigenvalue weighted by Gasteiger charge is -2.23. The summed E-state index contributed by atoms with van der Waals surface area (Å²) < 4.78 is 5.91. The van der Waals surface area contributed by atoms with Gasteiger partial charge in [-0.05, 0) is 54.3 Å². The summed E-state index contributed by atoms with van der Waals surface area (Å²) in [5.41, 5.74) is 4.95. The van der Waals surface area contributed by atoms with Crippen molar-refractivity contribution in [3.63, 3.8) is 0 Å². The first kappa shape index (κ1) is 25.7. The summed E-state index contributed by atoms with van der Waals surface area (Å²) >= 11 is 0. The Morgan fingerprint density at radius 3 is 2.44 bits per heavy atom. The normalized spacial score (nSPS) is 10.9. The van der Waals surface area contributed by atoms with Gasteiger partial charge in [-0.3, -0.25) is 14.9 Å². The van der Waals surface area contributed by atoms with Gasteiger partial charge in [-0.25, -0.2) is 0 Å². The highest BCUT2D eigenvalue weighted by atomic mass is 16.6. The summed E-state index contributed by atoms with van der Waals surface area (Å²) in [6.07, 6.45) is 2.62. The van der Waals surface area contributed by atoms with Crippen molar-refractivity contribution in [3.05, 3.63) is 141 Å². The first-order valence-electron chi connectivity index (χ1n) is 12.8. The second kappa shape index (κ2) is 11.6. The van der Waals surface area contributed by atoms with Gasteiger partial charge in [0, 0.05) is 47.4 Å². The van der Waals surface area contributed by atoms with E-state index >= 15 is 0 Å². The summed E-state index contributed by atoms with van der Waals surface area (Å²) in [6, 6.07) is 30.4. The van der Waals surface area contributed by atoms with Crippen LogP contribution >= 0.6 is 0 Å². The molecule has 0 saturated heterocycles. The first-order valence-corrected chi connectivity index (χ1v) is 12.8. The standard InChI is InChI=1S/C32H29N3O4/c1-23-11-14-26(19-31(23)35(37)38)32(36)34(18-17-27-20-33-30-10-6-5-9-29(27)30)21-24-12-15-28(16-13-24)39-22-25-7-3-2-4-8-25/h2-16,19-20,33H,17-18,21-22H2,1H3. The number of amides is 1. The Balaban J connectivity index is 1.35. The molecule has 0 aliphatic carbocycles. The molecule has 0 saturated carbocycles. The number of benzene rings is 4. The molecule has 39 heavy (non-hydrogen) atoms. The van der Waals surface area contributed by atoms with Crippen LogP contribution in [-0.2, 0) is 19.6 Å². The van der Waals surface area contributed by atoms with Crippen molar-refractivity contribution in [3.8, 4) is 5.75 Å². The predicted octanol–water partition coefficient (Wildman–Crippen LogP) is 6.85. The highest BCUT2D eigenvalue weighted by Gasteiger charge is 2.21. The number of nitrogens with one attached hydrogen (secondary N) is 1. The van der Waals surface area contributed by atoms with Gasteiger partial charge in [-0.2, -0.15) is 0 Å². The smallest absolute Gasteiger partial charge is 0.273 e. The van der Waals surface area contributed by atoms with Gasteiger partial charge in [0.25, 0.3) is 11.6 Å². The highest BCUT2D eigenvalue weighted by molar-refractivity contribution is 5.95. The molecule has 5 aromatic rings. The number of carbonyl (C=O) groups is 1. The molecule has 0 unspecified atom stereocenters. The van der Waals surface area contributed by atoms with Crippen molar-refractivity contribution < 1.29 is 14.5 Å². The fraction of sp³-hybridized carbons (Fsp3) is 0.156. The Labute approximate surface area is 226 Å². The van der Waals surface area contributed by atoms with Crippen LogP contribution in [0.2, 0.25) is 0 Å². The number of para-hydroxylation sites is 1. The van der Waals surface area contributed by atoms with E-state index in [2.05, 4.69) is 11.1 Å². The number of H-pyrrole nitrogens is 1. The van der Waals surface area contributed by atoms with Crippen LogP contribution in [0, 0.1) is 17.0 Å². The quantitative estimate of drug-likeness (QED) is 0.161. The van der Waals surface area contributed by atoms with Gasteiger partial charge >= 0.3 is 0 Å². The third-order valence-electron chi connectivity index (χ3n) is 6.81. The maximum Gasteiger partial charge on any atom is 0.273 e. The van der Waals surface area contributed by atoms with E-state index in [0.717, 1.165) is 33.3 Å². The topological polar surface area (TPSA) is 88.5 Å². The van der Waals surface area contributed by atoms with Crippen LogP contribution in [0.1, 0.15) is 32.6 Å². The van der Waals surface area contributed by atoms with Crippen molar-refractivity contribution in [2.75, 3.05) is 6.54 Å². The van der Waals surface area contributed by atoms with E-state index in [9.17, 15) is 14.9 Å². The lowest BCUT2D eigenvalue weighted by Crippen LogP contribution is -2.32. The lowest BCUT2D eigenvalue weighted by molar-refractivity contribution is -0.385. The van der Waals surface area contributed by atoms with Crippen LogP contribution in [0.4, 0.5) is 5.69 Å². The third kappa shape index (κ3) is 6.15. The summed E-state index contributed by atoms with van der Waals surface area (Å²) in [5.74, 6) is 0.496. The number of aromatic amines is 1. The molecule has 1 heterocycles. The van der Waals surface area contributed by atoms with Gasteiger partial charge in [0.15, 0.2) is 0 Å². The lowest BCUT2D eigenvalue weighted by atomic mass is 10.1. The number of aromatic nitrogens is 1. The molecule has 5 rings (SSSR count). The number of hydrogen-bond acceptors (Lipinski definition) is 4. The van der Waals surface area contributed by atoms with Gasteiger partial charge in [0.05, 0.1) is 4.92 Å². The Hall–Kier alpha value is -4.91. The molecule has 0 spiro atoms. The zero-order valence-corrected chi connectivity index (χ0v) is 21.7. The fourth-order valence-corrected chi connectivity index (χ4v) is 4.62. The predicted molar refractivity (Wildman–Crippen MR) is 152 cm³/mol. The second-order valence-electron chi connectivity index (χ2n) is 9.51. The minimum atomic E-state index is -0.448. The maximum absolute atomic E-state index is 13.7. The van der Waals surface area contributed by atoms with Crippen molar-refractivity contribution >= 4 is 22.5 Å². The molecule has 0 fully saturated rings. The second-order valence-corrected chi connectivity index (χ2v) is 9.51.